The molecule has 0 amide bonds. The first-order valence-electron chi connectivity index (χ1n) is 6.45. The molecule has 0 bridgehead atoms. The van der Waals surface area contributed by atoms with Gasteiger partial charge in [-0.15, -0.1) is 0 Å². The second kappa shape index (κ2) is 6.16. The Hall–Kier alpha value is -1.13. The number of benzene rings is 1. The lowest BCUT2D eigenvalue weighted by atomic mass is 9.85. The van der Waals surface area contributed by atoms with E-state index in [4.69, 9.17) is 9.47 Å². The van der Waals surface area contributed by atoms with Crippen LogP contribution in [0, 0.1) is 5.82 Å². The molecular formula is C14H20FNO2. The summed E-state index contributed by atoms with van der Waals surface area (Å²) in [5.74, 6) is 0.448. The summed E-state index contributed by atoms with van der Waals surface area (Å²) < 4.78 is 24.4. The predicted molar refractivity (Wildman–Crippen MR) is 68.3 cm³/mol. The number of likely N-dealkylation sites (N-methyl/N-ethyl adjacent to an activating group) is 1. The highest BCUT2D eigenvalue weighted by atomic mass is 19.1. The number of ether oxygens (including phenoxy) is 2. The minimum atomic E-state index is -0.247. The maximum Gasteiger partial charge on any atom is 0.128 e. The van der Waals surface area contributed by atoms with Crippen LogP contribution in [0.5, 0.6) is 5.75 Å². The van der Waals surface area contributed by atoms with Crippen molar-refractivity contribution in [3.8, 4) is 5.75 Å². The summed E-state index contributed by atoms with van der Waals surface area (Å²) in [6.07, 6.45) is 2.05. The Bertz CT molecular complexity index is 369. The van der Waals surface area contributed by atoms with Crippen LogP contribution in [0.15, 0.2) is 24.3 Å². The fourth-order valence-corrected chi connectivity index (χ4v) is 2.14. The highest BCUT2D eigenvalue weighted by Crippen LogP contribution is 2.29. The summed E-state index contributed by atoms with van der Waals surface area (Å²) >= 11 is 0. The van der Waals surface area contributed by atoms with E-state index < -0.39 is 0 Å². The zero-order valence-electron chi connectivity index (χ0n) is 10.9. The monoisotopic (exact) mass is 253 g/mol. The molecule has 0 aliphatic heterocycles. The lowest BCUT2D eigenvalue weighted by Gasteiger charge is -2.43. The van der Waals surface area contributed by atoms with Crippen LogP contribution in [-0.4, -0.2) is 31.9 Å². The third-order valence-corrected chi connectivity index (χ3v) is 3.24. The predicted octanol–water partition coefficient (Wildman–Crippen LogP) is 2.36. The van der Waals surface area contributed by atoms with Crippen LogP contribution in [0.25, 0.3) is 0 Å². The molecule has 1 fully saturated rings. The summed E-state index contributed by atoms with van der Waals surface area (Å²) in [4.78, 5) is 0. The van der Waals surface area contributed by atoms with Crippen LogP contribution in [0.3, 0.4) is 0 Å². The van der Waals surface area contributed by atoms with Crippen LogP contribution in [0.2, 0.25) is 0 Å². The molecule has 3 nitrogen and oxygen atoms in total. The quantitative estimate of drug-likeness (QED) is 0.844. The molecule has 0 aromatic heterocycles. The van der Waals surface area contributed by atoms with E-state index >= 15 is 0 Å². The second-order valence-electron chi connectivity index (χ2n) is 4.58. The Kier molecular flexibility index (Phi) is 4.55. The normalized spacial score (nSPS) is 26.7. The minimum absolute atomic E-state index is 0.0551. The first kappa shape index (κ1) is 13.3. The molecule has 0 saturated heterocycles. The number of hydrogen-bond donors (Lipinski definition) is 1. The number of nitrogens with one attached hydrogen (secondary N) is 1. The SMILES string of the molecule is CCCOC1C(NC)CC1Oc1ccc(F)cc1. The van der Waals surface area contributed by atoms with Gasteiger partial charge in [0.2, 0.25) is 0 Å². The number of halogens is 1. The lowest BCUT2D eigenvalue weighted by molar-refractivity contribution is -0.106. The molecule has 1 aliphatic rings. The van der Waals surface area contributed by atoms with Crippen molar-refractivity contribution in [1.82, 2.24) is 5.32 Å². The van der Waals surface area contributed by atoms with Gasteiger partial charge in [-0.05, 0) is 37.7 Å². The van der Waals surface area contributed by atoms with Crippen molar-refractivity contribution in [3.05, 3.63) is 30.1 Å². The van der Waals surface area contributed by atoms with Crippen molar-refractivity contribution in [2.75, 3.05) is 13.7 Å². The molecule has 0 heterocycles. The third kappa shape index (κ3) is 3.00. The molecule has 4 heteroatoms. The van der Waals surface area contributed by atoms with Gasteiger partial charge in [0.1, 0.15) is 23.8 Å². The van der Waals surface area contributed by atoms with E-state index in [1.54, 1.807) is 12.1 Å². The van der Waals surface area contributed by atoms with Crippen molar-refractivity contribution in [2.45, 2.75) is 38.0 Å². The molecule has 18 heavy (non-hydrogen) atoms. The zero-order chi connectivity index (χ0) is 13.0. The van der Waals surface area contributed by atoms with Crippen molar-refractivity contribution >= 4 is 0 Å². The summed E-state index contributed by atoms with van der Waals surface area (Å²) in [5, 5.41) is 3.22. The highest BCUT2D eigenvalue weighted by molar-refractivity contribution is 5.23. The largest absolute Gasteiger partial charge is 0.488 e. The molecule has 2 rings (SSSR count). The smallest absolute Gasteiger partial charge is 0.128 e. The summed E-state index contributed by atoms with van der Waals surface area (Å²) in [6, 6.07) is 6.47. The Balaban J connectivity index is 1.90. The van der Waals surface area contributed by atoms with E-state index in [2.05, 4.69) is 12.2 Å². The first-order valence-corrected chi connectivity index (χ1v) is 6.45. The number of rotatable bonds is 6. The van der Waals surface area contributed by atoms with Gasteiger partial charge in [-0.3, -0.25) is 0 Å². The average molecular weight is 253 g/mol. The Morgan fingerprint density at radius 1 is 1.33 bits per heavy atom. The lowest BCUT2D eigenvalue weighted by Crippen LogP contribution is -2.60. The molecular weight excluding hydrogens is 233 g/mol. The fraction of sp³-hybridized carbons (Fsp3) is 0.571. The van der Waals surface area contributed by atoms with E-state index in [1.807, 2.05) is 7.05 Å². The molecule has 1 aliphatic carbocycles. The average Bonchev–Trinajstić information content (AvgIpc) is 2.36. The minimum Gasteiger partial charge on any atom is -0.488 e. The van der Waals surface area contributed by atoms with Crippen LogP contribution < -0.4 is 10.1 Å². The van der Waals surface area contributed by atoms with E-state index in [9.17, 15) is 4.39 Å². The van der Waals surface area contributed by atoms with E-state index in [1.165, 1.54) is 12.1 Å². The van der Waals surface area contributed by atoms with Crippen LogP contribution in [-0.2, 0) is 4.74 Å². The summed E-state index contributed by atoms with van der Waals surface area (Å²) in [5.41, 5.74) is 0. The molecule has 1 saturated carbocycles. The highest BCUT2D eigenvalue weighted by Gasteiger charge is 2.42. The Morgan fingerprint density at radius 2 is 2.06 bits per heavy atom. The van der Waals surface area contributed by atoms with Gasteiger partial charge < -0.3 is 14.8 Å². The maximum absolute atomic E-state index is 12.8. The van der Waals surface area contributed by atoms with Gasteiger partial charge in [-0.25, -0.2) is 4.39 Å². The van der Waals surface area contributed by atoms with Gasteiger partial charge in [-0.1, -0.05) is 6.92 Å². The van der Waals surface area contributed by atoms with Gasteiger partial charge in [0.25, 0.3) is 0 Å². The number of hydrogen-bond acceptors (Lipinski definition) is 3. The van der Waals surface area contributed by atoms with Crippen LogP contribution in [0.4, 0.5) is 4.39 Å². The maximum atomic E-state index is 12.8. The zero-order valence-corrected chi connectivity index (χ0v) is 10.9. The van der Waals surface area contributed by atoms with E-state index in [0.717, 1.165) is 19.4 Å². The van der Waals surface area contributed by atoms with E-state index in [0.29, 0.717) is 11.8 Å². The molecule has 3 atom stereocenters. The molecule has 3 unspecified atom stereocenters. The molecule has 1 N–H and O–H groups in total. The molecule has 0 radical (unpaired) electrons. The molecule has 0 spiro atoms. The van der Waals surface area contributed by atoms with Gasteiger partial charge >= 0.3 is 0 Å². The second-order valence-corrected chi connectivity index (χ2v) is 4.58. The molecule has 1 aromatic rings. The third-order valence-electron chi connectivity index (χ3n) is 3.24. The first-order chi connectivity index (χ1) is 8.74. The molecule has 100 valence electrons. The van der Waals surface area contributed by atoms with Crippen molar-refractivity contribution in [3.63, 3.8) is 0 Å². The van der Waals surface area contributed by atoms with Gasteiger partial charge in [0.15, 0.2) is 0 Å². The van der Waals surface area contributed by atoms with E-state index in [-0.39, 0.29) is 18.0 Å². The summed E-state index contributed by atoms with van der Waals surface area (Å²) in [7, 11) is 1.93. The van der Waals surface area contributed by atoms with Crippen LogP contribution in [0.1, 0.15) is 19.8 Å². The Labute approximate surface area is 107 Å². The standard InChI is InChI=1S/C14H20FNO2/c1-3-8-17-14-12(16-2)9-13(14)18-11-6-4-10(15)5-7-11/h4-7,12-14,16H,3,8-9H2,1-2H3. The fourth-order valence-electron chi connectivity index (χ4n) is 2.14. The van der Waals surface area contributed by atoms with Gasteiger partial charge in [-0.2, -0.15) is 0 Å². The van der Waals surface area contributed by atoms with Gasteiger partial charge in [0, 0.05) is 19.1 Å². The van der Waals surface area contributed by atoms with Crippen molar-refractivity contribution in [1.29, 1.82) is 0 Å². The summed E-state index contributed by atoms with van der Waals surface area (Å²) in [6.45, 7) is 2.83. The topological polar surface area (TPSA) is 30.5 Å². The van der Waals surface area contributed by atoms with Crippen LogP contribution >= 0.6 is 0 Å². The molecule has 1 aromatic carbocycles. The Morgan fingerprint density at radius 3 is 2.67 bits per heavy atom. The van der Waals surface area contributed by atoms with Gasteiger partial charge in [0.05, 0.1) is 0 Å². The van der Waals surface area contributed by atoms with Crippen molar-refractivity contribution in [2.24, 2.45) is 0 Å². The van der Waals surface area contributed by atoms with Crippen molar-refractivity contribution < 1.29 is 13.9 Å².